The summed E-state index contributed by atoms with van der Waals surface area (Å²) in [6.45, 7) is 12.5. The van der Waals surface area contributed by atoms with Gasteiger partial charge in [-0.1, -0.05) is 19.6 Å². The van der Waals surface area contributed by atoms with Gasteiger partial charge < -0.3 is 15.2 Å². The second-order valence-corrected chi connectivity index (χ2v) is 12.7. The molecule has 0 aliphatic carbocycles. The molecule has 0 fully saturated rings. The smallest absolute Gasteiger partial charge is 0.220 e. The number of carbonyl (C=O) groups is 1. The van der Waals surface area contributed by atoms with E-state index in [4.69, 9.17) is 9.84 Å². The van der Waals surface area contributed by atoms with Crippen molar-refractivity contribution in [3.05, 3.63) is 17.0 Å². The average molecular weight is 342 g/mol. The molecule has 0 radical (unpaired) electrons. The highest BCUT2D eigenvalue weighted by Gasteiger charge is 2.14. The van der Waals surface area contributed by atoms with Crippen molar-refractivity contribution in [2.45, 2.75) is 59.1 Å². The Morgan fingerprint density at radius 3 is 2.65 bits per heavy atom. The van der Waals surface area contributed by atoms with Gasteiger partial charge in [-0.2, -0.15) is 5.10 Å². The fraction of sp³-hybridized carbons (Fsp3) is 0.750. The standard InChI is InChI=1S/C16H31N3O3Si/c1-13-15(6-7-16(21)17-8-9-20)14(2)19(18-13)12-22-10-11-23(3,4)5/h20H,6-12H2,1-5H3,(H,17,21). The van der Waals surface area contributed by atoms with Crippen molar-refractivity contribution in [3.63, 3.8) is 0 Å². The molecule has 1 heterocycles. The summed E-state index contributed by atoms with van der Waals surface area (Å²) in [5.74, 6) is -0.0445. The summed E-state index contributed by atoms with van der Waals surface area (Å²) in [4.78, 5) is 11.6. The number of aliphatic hydroxyl groups is 1. The average Bonchev–Trinajstić information content (AvgIpc) is 2.73. The van der Waals surface area contributed by atoms with Gasteiger partial charge in [-0.05, 0) is 31.9 Å². The van der Waals surface area contributed by atoms with E-state index in [1.165, 1.54) is 0 Å². The molecule has 0 aliphatic rings. The number of nitrogens with one attached hydrogen (secondary N) is 1. The van der Waals surface area contributed by atoms with Gasteiger partial charge in [0.15, 0.2) is 0 Å². The molecule has 0 saturated carbocycles. The van der Waals surface area contributed by atoms with Gasteiger partial charge in [-0.3, -0.25) is 4.79 Å². The van der Waals surface area contributed by atoms with Gasteiger partial charge in [0.05, 0.1) is 12.3 Å². The largest absolute Gasteiger partial charge is 0.395 e. The predicted molar refractivity (Wildman–Crippen MR) is 94.2 cm³/mol. The van der Waals surface area contributed by atoms with Crippen LogP contribution < -0.4 is 5.32 Å². The van der Waals surface area contributed by atoms with E-state index in [9.17, 15) is 4.79 Å². The monoisotopic (exact) mass is 341 g/mol. The van der Waals surface area contributed by atoms with E-state index in [-0.39, 0.29) is 12.5 Å². The molecule has 2 N–H and O–H groups in total. The number of nitrogens with zero attached hydrogens (tertiary/aromatic N) is 2. The minimum atomic E-state index is -1.07. The number of rotatable bonds is 10. The third-order valence-corrected chi connectivity index (χ3v) is 5.48. The molecule has 132 valence electrons. The second kappa shape index (κ2) is 9.20. The molecule has 1 aromatic heterocycles. The first-order valence-corrected chi connectivity index (χ1v) is 11.9. The van der Waals surface area contributed by atoms with Crippen LogP contribution in [0.15, 0.2) is 0 Å². The van der Waals surface area contributed by atoms with Crippen LogP contribution in [0.1, 0.15) is 23.4 Å². The molecule has 0 aromatic carbocycles. The van der Waals surface area contributed by atoms with Crippen molar-refractivity contribution in [1.82, 2.24) is 15.1 Å². The highest BCUT2D eigenvalue weighted by atomic mass is 28.3. The zero-order valence-electron chi connectivity index (χ0n) is 15.1. The van der Waals surface area contributed by atoms with E-state index in [1.807, 2.05) is 18.5 Å². The minimum Gasteiger partial charge on any atom is -0.395 e. The zero-order valence-corrected chi connectivity index (χ0v) is 16.1. The molecule has 0 spiro atoms. The molecular formula is C16H31N3O3Si. The lowest BCUT2D eigenvalue weighted by Crippen LogP contribution is -2.26. The van der Waals surface area contributed by atoms with Crippen LogP contribution in [0.2, 0.25) is 25.7 Å². The van der Waals surface area contributed by atoms with Crippen LogP contribution in [0, 0.1) is 13.8 Å². The van der Waals surface area contributed by atoms with Gasteiger partial charge in [0.2, 0.25) is 5.91 Å². The minimum absolute atomic E-state index is 0.0313. The maximum absolute atomic E-state index is 11.6. The van der Waals surface area contributed by atoms with Crippen molar-refractivity contribution in [2.75, 3.05) is 19.8 Å². The Kier molecular flexibility index (Phi) is 7.94. The Balaban J connectivity index is 2.50. The molecule has 7 heteroatoms. The van der Waals surface area contributed by atoms with Crippen LogP contribution >= 0.6 is 0 Å². The number of amides is 1. The predicted octanol–water partition coefficient (Wildman–Crippen LogP) is 1.85. The highest BCUT2D eigenvalue weighted by Crippen LogP contribution is 2.15. The zero-order chi connectivity index (χ0) is 17.5. The van der Waals surface area contributed by atoms with Crippen LogP contribution in [0.3, 0.4) is 0 Å². The summed E-state index contributed by atoms with van der Waals surface area (Å²) in [7, 11) is -1.07. The molecular weight excluding hydrogens is 310 g/mol. The number of aliphatic hydroxyl groups excluding tert-OH is 1. The second-order valence-electron chi connectivity index (χ2n) is 7.07. The highest BCUT2D eigenvalue weighted by molar-refractivity contribution is 6.76. The van der Waals surface area contributed by atoms with E-state index in [1.54, 1.807) is 0 Å². The van der Waals surface area contributed by atoms with E-state index >= 15 is 0 Å². The van der Waals surface area contributed by atoms with Crippen LogP contribution in [-0.4, -0.2) is 48.6 Å². The normalized spacial score (nSPS) is 11.7. The molecule has 23 heavy (non-hydrogen) atoms. The number of aromatic nitrogens is 2. The van der Waals surface area contributed by atoms with E-state index < -0.39 is 8.07 Å². The molecule has 1 rings (SSSR count). The van der Waals surface area contributed by atoms with Gasteiger partial charge >= 0.3 is 0 Å². The SMILES string of the molecule is Cc1nn(COCC[Si](C)(C)C)c(C)c1CCC(=O)NCCO. The van der Waals surface area contributed by atoms with Crippen LogP contribution in [-0.2, 0) is 22.7 Å². The third kappa shape index (κ3) is 7.28. The fourth-order valence-electron chi connectivity index (χ4n) is 2.27. The van der Waals surface area contributed by atoms with E-state index in [2.05, 4.69) is 30.1 Å². The summed E-state index contributed by atoms with van der Waals surface area (Å²) < 4.78 is 7.63. The topological polar surface area (TPSA) is 76.4 Å². The lowest BCUT2D eigenvalue weighted by Gasteiger charge is -2.15. The summed E-state index contributed by atoms with van der Waals surface area (Å²) in [5.41, 5.74) is 3.12. The van der Waals surface area contributed by atoms with E-state index in [0.717, 1.165) is 29.6 Å². The summed E-state index contributed by atoms with van der Waals surface area (Å²) in [6, 6.07) is 1.14. The molecule has 0 bridgehead atoms. The summed E-state index contributed by atoms with van der Waals surface area (Å²) in [5, 5.41) is 15.9. The maximum atomic E-state index is 11.6. The fourth-order valence-corrected chi connectivity index (χ4v) is 3.03. The van der Waals surface area contributed by atoms with Crippen molar-refractivity contribution in [3.8, 4) is 0 Å². The number of ether oxygens (including phenoxy) is 1. The molecule has 1 aromatic rings. The lowest BCUT2D eigenvalue weighted by molar-refractivity contribution is -0.121. The Morgan fingerprint density at radius 1 is 1.35 bits per heavy atom. The number of carbonyl (C=O) groups excluding carboxylic acids is 1. The molecule has 1 amide bonds. The molecule has 0 saturated heterocycles. The Bertz CT molecular complexity index is 509. The Morgan fingerprint density at radius 2 is 2.04 bits per heavy atom. The summed E-state index contributed by atoms with van der Waals surface area (Å²) >= 11 is 0. The molecule has 0 atom stereocenters. The quantitative estimate of drug-likeness (QED) is 0.503. The summed E-state index contributed by atoms with van der Waals surface area (Å²) in [6.07, 6.45) is 1.06. The first kappa shape index (κ1) is 19.9. The number of aryl methyl sites for hydroxylation is 1. The maximum Gasteiger partial charge on any atom is 0.220 e. The van der Waals surface area contributed by atoms with E-state index in [0.29, 0.717) is 26.1 Å². The Hall–Kier alpha value is -1.18. The number of hydrogen-bond donors (Lipinski definition) is 2. The van der Waals surface area contributed by atoms with Gasteiger partial charge in [0, 0.05) is 33.3 Å². The van der Waals surface area contributed by atoms with Crippen LogP contribution in [0.5, 0.6) is 0 Å². The lowest BCUT2D eigenvalue weighted by atomic mass is 10.1. The van der Waals surface area contributed by atoms with Gasteiger partial charge in [-0.25, -0.2) is 4.68 Å². The van der Waals surface area contributed by atoms with Gasteiger partial charge in [-0.15, -0.1) is 0 Å². The van der Waals surface area contributed by atoms with Crippen molar-refractivity contribution in [1.29, 1.82) is 0 Å². The Labute approximate surface area is 140 Å². The first-order valence-electron chi connectivity index (χ1n) is 8.23. The van der Waals surface area contributed by atoms with Gasteiger partial charge in [0.1, 0.15) is 6.73 Å². The first-order chi connectivity index (χ1) is 10.7. The van der Waals surface area contributed by atoms with Gasteiger partial charge in [0.25, 0.3) is 0 Å². The van der Waals surface area contributed by atoms with Crippen molar-refractivity contribution in [2.24, 2.45) is 0 Å². The van der Waals surface area contributed by atoms with Crippen molar-refractivity contribution < 1.29 is 14.6 Å². The third-order valence-electron chi connectivity index (χ3n) is 3.78. The molecule has 0 aliphatic heterocycles. The molecule has 0 unspecified atom stereocenters. The van der Waals surface area contributed by atoms with Crippen molar-refractivity contribution >= 4 is 14.0 Å². The molecule has 6 nitrogen and oxygen atoms in total. The van der Waals surface area contributed by atoms with Crippen LogP contribution in [0.25, 0.3) is 0 Å². The number of hydrogen-bond acceptors (Lipinski definition) is 4. The van der Waals surface area contributed by atoms with Crippen LogP contribution in [0.4, 0.5) is 0 Å².